The quantitative estimate of drug-likeness (QED) is 0.654. The van der Waals surface area contributed by atoms with Crippen molar-refractivity contribution in [3.05, 3.63) is 49.4 Å². The van der Waals surface area contributed by atoms with Crippen molar-refractivity contribution in [2.75, 3.05) is 0 Å². The van der Waals surface area contributed by atoms with E-state index in [0.29, 0.717) is 12.5 Å². The largest absolute Gasteiger partial charge is 0.287 e. The van der Waals surface area contributed by atoms with Crippen molar-refractivity contribution in [1.29, 1.82) is 0 Å². The zero-order valence-electron chi connectivity index (χ0n) is 11.0. The molecule has 4 heteroatoms. The Morgan fingerprint density at radius 2 is 2.11 bits per heavy atom. The lowest BCUT2D eigenvalue weighted by Gasteiger charge is -2.10. The van der Waals surface area contributed by atoms with Crippen molar-refractivity contribution >= 4 is 22.6 Å². The Balaban J connectivity index is 2.22. The number of halogens is 1. The van der Waals surface area contributed by atoms with Gasteiger partial charge in [0.05, 0.1) is 15.8 Å². The van der Waals surface area contributed by atoms with Crippen molar-refractivity contribution in [1.82, 2.24) is 9.55 Å². The van der Waals surface area contributed by atoms with Crippen LogP contribution in [0.1, 0.15) is 25.1 Å². The molecule has 0 atom stereocenters. The second-order valence-corrected chi connectivity index (χ2v) is 6.42. The van der Waals surface area contributed by atoms with Crippen molar-refractivity contribution in [2.45, 2.75) is 26.8 Å². The lowest BCUT2D eigenvalue weighted by molar-refractivity contribution is 0.625. The summed E-state index contributed by atoms with van der Waals surface area (Å²) in [5, 5.41) is 0. The molecular formula is C15H15IN2O. The third-order valence-electron chi connectivity index (χ3n) is 3.37. The molecule has 19 heavy (non-hydrogen) atoms. The fraction of sp³-hybridized carbons (Fsp3) is 0.333. The summed E-state index contributed by atoms with van der Waals surface area (Å²) in [5.41, 5.74) is 3.31. The van der Waals surface area contributed by atoms with E-state index in [2.05, 4.69) is 42.5 Å². The van der Waals surface area contributed by atoms with Crippen LogP contribution in [0.5, 0.6) is 0 Å². The number of fused-ring (bicyclic) bond motifs is 3. The lowest BCUT2D eigenvalue weighted by Crippen LogP contribution is -2.25. The van der Waals surface area contributed by atoms with Crippen LogP contribution in [0.4, 0.5) is 0 Å². The Morgan fingerprint density at radius 3 is 2.84 bits per heavy atom. The number of hydrogen-bond donors (Lipinski definition) is 0. The first-order valence-electron chi connectivity index (χ1n) is 6.45. The number of benzene rings is 1. The van der Waals surface area contributed by atoms with Crippen molar-refractivity contribution in [3.63, 3.8) is 0 Å². The van der Waals surface area contributed by atoms with E-state index in [9.17, 15) is 4.79 Å². The SMILES string of the molecule is CC(C)Cc1nc2n(c(=O)c1I)Cc1ccccc1-2. The maximum atomic E-state index is 12.4. The van der Waals surface area contributed by atoms with Crippen LogP contribution in [0.3, 0.4) is 0 Å². The molecule has 0 aliphatic carbocycles. The number of nitrogens with zero attached hydrogens (tertiary/aromatic N) is 2. The summed E-state index contributed by atoms with van der Waals surface area (Å²) in [6.07, 6.45) is 0.851. The van der Waals surface area contributed by atoms with E-state index in [0.717, 1.165) is 27.1 Å². The normalized spacial score (nSPS) is 12.6. The van der Waals surface area contributed by atoms with Crippen LogP contribution in [0, 0.1) is 9.49 Å². The molecule has 0 radical (unpaired) electrons. The fourth-order valence-electron chi connectivity index (χ4n) is 2.50. The number of aromatic nitrogens is 2. The summed E-state index contributed by atoms with van der Waals surface area (Å²) in [6, 6.07) is 8.13. The molecule has 1 aliphatic heterocycles. The number of rotatable bonds is 2. The summed E-state index contributed by atoms with van der Waals surface area (Å²) in [4.78, 5) is 17.2. The highest BCUT2D eigenvalue weighted by atomic mass is 127. The molecule has 0 saturated carbocycles. The fourth-order valence-corrected chi connectivity index (χ4v) is 3.13. The van der Waals surface area contributed by atoms with E-state index in [4.69, 9.17) is 4.98 Å². The van der Waals surface area contributed by atoms with Crippen LogP contribution in [0.2, 0.25) is 0 Å². The molecule has 0 bridgehead atoms. The van der Waals surface area contributed by atoms with E-state index >= 15 is 0 Å². The molecule has 1 aliphatic rings. The predicted octanol–water partition coefficient (Wildman–Crippen LogP) is 3.08. The molecule has 2 aromatic rings. The van der Waals surface area contributed by atoms with E-state index in [1.165, 1.54) is 5.56 Å². The van der Waals surface area contributed by atoms with Crippen LogP contribution in [-0.2, 0) is 13.0 Å². The zero-order chi connectivity index (χ0) is 13.6. The Morgan fingerprint density at radius 1 is 1.37 bits per heavy atom. The zero-order valence-corrected chi connectivity index (χ0v) is 13.1. The van der Waals surface area contributed by atoms with Crippen LogP contribution in [0.25, 0.3) is 11.4 Å². The van der Waals surface area contributed by atoms with E-state index in [1.54, 1.807) is 4.57 Å². The summed E-state index contributed by atoms with van der Waals surface area (Å²) < 4.78 is 2.55. The molecule has 0 unspecified atom stereocenters. The van der Waals surface area contributed by atoms with Gasteiger partial charge >= 0.3 is 0 Å². The standard InChI is InChI=1S/C15H15IN2O/c1-9(2)7-12-13(16)15(19)18-8-10-5-3-4-6-11(10)14(18)17-12/h3-6,9H,7-8H2,1-2H3. The van der Waals surface area contributed by atoms with Gasteiger partial charge in [-0.25, -0.2) is 4.98 Å². The predicted molar refractivity (Wildman–Crippen MR) is 84.3 cm³/mol. The molecule has 0 N–H and O–H groups in total. The van der Waals surface area contributed by atoms with E-state index < -0.39 is 0 Å². The average Bonchev–Trinajstić information content (AvgIpc) is 2.74. The summed E-state index contributed by atoms with van der Waals surface area (Å²) in [7, 11) is 0. The summed E-state index contributed by atoms with van der Waals surface area (Å²) >= 11 is 2.14. The maximum absolute atomic E-state index is 12.4. The summed E-state index contributed by atoms with van der Waals surface area (Å²) in [6.45, 7) is 4.95. The molecule has 3 nitrogen and oxygen atoms in total. The minimum absolute atomic E-state index is 0.0949. The highest BCUT2D eigenvalue weighted by Crippen LogP contribution is 2.29. The second kappa shape index (κ2) is 4.74. The molecular weight excluding hydrogens is 351 g/mol. The lowest BCUT2D eigenvalue weighted by atomic mass is 10.1. The Hall–Kier alpha value is -1.17. The van der Waals surface area contributed by atoms with Gasteiger partial charge in [0.2, 0.25) is 0 Å². The van der Waals surface area contributed by atoms with Gasteiger partial charge in [0.1, 0.15) is 5.82 Å². The molecule has 0 amide bonds. The highest BCUT2D eigenvalue weighted by molar-refractivity contribution is 14.1. The molecule has 98 valence electrons. The van der Waals surface area contributed by atoms with Gasteiger partial charge in [-0.15, -0.1) is 0 Å². The maximum Gasteiger partial charge on any atom is 0.267 e. The van der Waals surface area contributed by atoms with Gasteiger partial charge in [-0.2, -0.15) is 0 Å². The molecule has 0 spiro atoms. The Kier molecular flexibility index (Phi) is 3.20. The first kappa shape index (κ1) is 12.8. The highest BCUT2D eigenvalue weighted by Gasteiger charge is 2.23. The van der Waals surface area contributed by atoms with Gasteiger partial charge in [0.15, 0.2) is 0 Å². The van der Waals surface area contributed by atoms with Crippen molar-refractivity contribution in [2.24, 2.45) is 5.92 Å². The third kappa shape index (κ3) is 2.12. The second-order valence-electron chi connectivity index (χ2n) is 5.34. The van der Waals surface area contributed by atoms with Gasteiger partial charge < -0.3 is 0 Å². The molecule has 0 fully saturated rings. The van der Waals surface area contributed by atoms with E-state index in [-0.39, 0.29) is 5.56 Å². The molecule has 0 saturated heterocycles. The monoisotopic (exact) mass is 366 g/mol. The van der Waals surface area contributed by atoms with Crippen LogP contribution in [0.15, 0.2) is 29.1 Å². The van der Waals surface area contributed by atoms with Crippen LogP contribution >= 0.6 is 22.6 Å². The van der Waals surface area contributed by atoms with Gasteiger partial charge in [0.25, 0.3) is 5.56 Å². The first-order valence-corrected chi connectivity index (χ1v) is 7.53. The average molecular weight is 366 g/mol. The smallest absolute Gasteiger partial charge is 0.267 e. The van der Waals surface area contributed by atoms with Gasteiger partial charge in [-0.1, -0.05) is 38.1 Å². The van der Waals surface area contributed by atoms with E-state index in [1.807, 2.05) is 18.2 Å². The Bertz CT molecular complexity index is 704. The summed E-state index contributed by atoms with van der Waals surface area (Å²) in [5.74, 6) is 1.33. The van der Waals surface area contributed by atoms with Crippen LogP contribution < -0.4 is 5.56 Å². The molecule has 1 aromatic heterocycles. The van der Waals surface area contributed by atoms with Crippen molar-refractivity contribution in [3.8, 4) is 11.4 Å². The molecule has 1 aromatic carbocycles. The molecule has 3 rings (SSSR count). The first-order chi connectivity index (χ1) is 9.08. The minimum Gasteiger partial charge on any atom is -0.287 e. The van der Waals surface area contributed by atoms with Gasteiger partial charge in [0, 0.05) is 5.56 Å². The van der Waals surface area contributed by atoms with Crippen molar-refractivity contribution < 1.29 is 0 Å². The van der Waals surface area contributed by atoms with Crippen LogP contribution in [-0.4, -0.2) is 9.55 Å². The Labute approximate surface area is 125 Å². The topological polar surface area (TPSA) is 34.9 Å². The minimum atomic E-state index is 0.0949. The number of hydrogen-bond acceptors (Lipinski definition) is 2. The third-order valence-corrected chi connectivity index (χ3v) is 4.46. The van der Waals surface area contributed by atoms with Gasteiger partial charge in [-0.05, 0) is 40.5 Å². The molecule has 2 heterocycles. The van der Waals surface area contributed by atoms with Gasteiger partial charge in [-0.3, -0.25) is 9.36 Å².